The molecule has 0 aromatic rings. The van der Waals surface area contributed by atoms with Gasteiger partial charge in [-0.2, -0.15) is 0 Å². The van der Waals surface area contributed by atoms with Gasteiger partial charge in [0.05, 0.1) is 18.8 Å². The highest BCUT2D eigenvalue weighted by atomic mass is 16.3. The van der Waals surface area contributed by atoms with Crippen molar-refractivity contribution in [3.8, 4) is 0 Å². The van der Waals surface area contributed by atoms with Gasteiger partial charge in [0.15, 0.2) is 0 Å². The Labute approximate surface area is 357 Å². The molecule has 0 bridgehead atoms. The first kappa shape index (κ1) is 55.6. The lowest BCUT2D eigenvalue weighted by molar-refractivity contribution is -0.123. The second-order valence-corrected chi connectivity index (χ2v) is 17.6. The summed E-state index contributed by atoms with van der Waals surface area (Å²) in [6.45, 7) is 4.32. The van der Waals surface area contributed by atoms with Gasteiger partial charge in [-0.05, 0) is 57.8 Å². The van der Waals surface area contributed by atoms with Crippen LogP contribution in [0.15, 0.2) is 36.5 Å². The minimum atomic E-state index is -0.862. The highest BCUT2D eigenvalue weighted by Crippen LogP contribution is 2.16. The first-order valence-electron chi connectivity index (χ1n) is 25.7. The Balaban J connectivity index is 3.54. The second kappa shape index (κ2) is 49.0. The molecule has 4 heteroatoms. The summed E-state index contributed by atoms with van der Waals surface area (Å²) in [6, 6.07) is -0.640. The summed E-state index contributed by atoms with van der Waals surface area (Å²) in [5.74, 6) is -0.0731. The van der Waals surface area contributed by atoms with E-state index in [1.165, 1.54) is 225 Å². The molecular formula is C53H101NO3. The van der Waals surface area contributed by atoms with Crippen LogP contribution in [0, 0.1) is 0 Å². The number of allylic oxidation sites excluding steroid dienone is 5. The fourth-order valence-electron chi connectivity index (χ4n) is 7.90. The Morgan fingerprint density at radius 2 is 0.684 bits per heavy atom. The average Bonchev–Trinajstić information content (AvgIpc) is 3.22. The zero-order valence-corrected chi connectivity index (χ0v) is 38.6. The fraction of sp³-hybridized carbons (Fsp3) is 0.868. The third kappa shape index (κ3) is 45.5. The van der Waals surface area contributed by atoms with Crippen molar-refractivity contribution in [2.24, 2.45) is 0 Å². The van der Waals surface area contributed by atoms with Crippen LogP contribution < -0.4 is 5.32 Å². The van der Waals surface area contributed by atoms with Gasteiger partial charge in [0.25, 0.3) is 0 Å². The van der Waals surface area contributed by atoms with Crippen molar-refractivity contribution in [2.75, 3.05) is 6.61 Å². The number of unbranched alkanes of at least 4 members (excludes halogenated alkanes) is 36. The number of aliphatic hydroxyl groups excluding tert-OH is 2. The lowest BCUT2D eigenvalue weighted by Crippen LogP contribution is -2.45. The van der Waals surface area contributed by atoms with Crippen LogP contribution in [0.4, 0.5) is 0 Å². The van der Waals surface area contributed by atoms with Crippen molar-refractivity contribution in [1.82, 2.24) is 5.32 Å². The van der Waals surface area contributed by atoms with E-state index in [1.807, 2.05) is 6.08 Å². The number of hydrogen-bond donors (Lipinski definition) is 3. The molecule has 2 atom stereocenters. The van der Waals surface area contributed by atoms with Gasteiger partial charge in [-0.25, -0.2) is 0 Å². The van der Waals surface area contributed by atoms with Crippen molar-refractivity contribution < 1.29 is 15.0 Å². The Morgan fingerprint density at radius 3 is 1.02 bits per heavy atom. The van der Waals surface area contributed by atoms with Gasteiger partial charge in [0, 0.05) is 6.42 Å². The molecule has 0 aliphatic rings. The van der Waals surface area contributed by atoms with E-state index in [0.717, 1.165) is 32.1 Å². The summed E-state index contributed by atoms with van der Waals surface area (Å²) in [5, 5.41) is 23.1. The van der Waals surface area contributed by atoms with E-state index in [9.17, 15) is 15.0 Å². The molecule has 0 aliphatic carbocycles. The highest BCUT2D eigenvalue weighted by Gasteiger charge is 2.17. The highest BCUT2D eigenvalue weighted by molar-refractivity contribution is 5.76. The van der Waals surface area contributed by atoms with Gasteiger partial charge in [-0.15, -0.1) is 0 Å². The molecule has 0 saturated carbocycles. The van der Waals surface area contributed by atoms with E-state index in [-0.39, 0.29) is 12.5 Å². The SMILES string of the molecule is CCCCCCCCCCCCCC/C=C\CCCCCCCCCCCC(=O)NC(CO)C(O)/C=C/CC/C=C/CCCCCCCCCCCCCCCC. The second-order valence-electron chi connectivity index (χ2n) is 17.6. The molecule has 0 aliphatic heterocycles. The molecule has 0 spiro atoms. The Morgan fingerprint density at radius 1 is 0.404 bits per heavy atom. The molecular weight excluding hydrogens is 699 g/mol. The number of amides is 1. The molecule has 1 amide bonds. The first-order valence-corrected chi connectivity index (χ1v) is 25.7. The quantitative estimate of drug-likeness (QED) is 0.0424. The van der Waals surface area contributed by atoms with Crippen LogP contribution in [0.3, 0.4) is 0 Å². The molecule has 57 heavy (non-hydrogen) atoms. The van der Waals surface area contributed by atoms with E-state index >= 15 is 0 Å². The lowest BCUT2D eigenvalue weighted by atomic mass is 10.0. The predicted octanol–water partition coefficient (Wildman–Crippen LogP) is 16.5. The lowest BCUT2D eigenvalue weighted by Gasteiger charge is -2.19. The number of hydrogen-bond acceptors (Lipinski definition) is 3. The van der Waals surface area contributed by atoms with Crippen molar-refractivity contribution in [3.63, 3.8) is 0 Å². The summed E-state index contributed by atoms with van der Waals surface area (Å²) < 4.78 is 0. The van der Waals surface area contributed by atoms with Crippen LogP contribution in [0.5, 0.6) is 0 Å². The summed E-state index contributed by atoms with van der Waals surface area (Å²) in [4.78, 5) is 12.4. The van der Waals surface area contributed by atoms with Crippen LogP contribution in [0.2, 0.25) is 0 Å². The fourth-order valence-corrected chi connectivity index (χ4v) is 7.90. The molecule has 3 N–H and O–H groups in total. The maximum absolute atomic E-state index is 12.4. The predicted molar refractivity (Wildman–Crippen MR) is 253 cm³/mol. The van der Waals surface area contributed by atoms with Crippen LogP contribution in [0.25, 0.3) is 0 Å². The zero-order valence-electron chi connectivity index (χ0n) is 38.6. The van der Waals surface area contributed by atoms with E-state index in [2.05, 4.69) is 43.5 Å². The minimum absolute atomic E-state index is 0.0731. The maximum atomic E-state index is 12.4. The molecule has 4 nitrogen and oxygen atoms in total. The van der Waals surface area contributed by atoms with Crippen molar-refractivity contribution in [1.29, 1.82) is 0 Å². The van der Waals surface area contributed by atoms with Crippen LogP contribution in [0.1, 0.15) is 277 Å². The van der Waals surface area contributed by atoms with E-state index < -0.39 is 12.1 Å². The molecule has 336 valence electrons. The first-order chi connectivity index (χ1) is 28.2. The minimum Gasteiger partial charge on any atom is -0.394 e. The smallest absolute Gasteiger partial charge is 0.220 e. The number of aliphatic hydroxyl groups is 2. The molecule has 0 fully saturated rings. The van der Waals surface area contributed by atoms with Gasteiger partial charge in [-0.3, -0.25) is 4.79 Å². The summed E-state index contributed by atoms with van der Waals surface area (Å²) in [7, 11) is 0. The zero-order chi connectivity index (χ0) is 41.4. The van der Waals surface area contributed by atoms with Crippen LogP contribution in [-0.2, 0) is 4.79 Å². The molecule has 0 heterocycles. The number of rotatable bonds is 47. The molecule has 2 unspecified atom stereocenters. The molecule has 0 radical (unpaired) electrons. The standard InChI is InChI=1S/C53H101NO3/c1-3-5-7-9-11-13-15-17-19-21-23-25-26-27-28-29-31-33-35-37-39-41-43-45-47-49-53(57)54-51(50-55)52(56)48-46-44-42-40-38-36-34-32-30-24-22-20-18-16-14-12-10-8-6-4-2/h27-28,38,40,46,48,51-52,55-56H,3-26,29-37,39,41-45,47,49-50H2,1-2H3,(H,54,57)/b28-27-,40-38+,48-46+. The summed E-state index contributed by atoms with van der Waals surface area (Å²) in [6.07, 6.45) is 65.7. The van der Waals surface area contributed by atoms with Crippen molar-refractivity contribution >= 4 is 5.91 Å². The summed E-state index contributed by atoms with van der Waals surface area (Å²) >= 11 is 0. The van der Waals surface area contributed by atoms with Crippen LogP contribution >= 0.6 is 0 Å². The molecule has 0 saturated heterocycles. The monoisotopic (exact) mass is 800 g/mol. The van der Waals surface area contributed by atoms with Crippen molar-refractivity contribution in [3.05, 3.63) is 36.5 Å². The Hall–Kier alpha value is -1.39. The van der Waals surface area contributed by atoms with E-state index in [4.69, 9.17) is 0 Å². The largest absolute Gasteiger partial charge is 0.394 e. The number of carbonyl (C=O) groups excluding carboxylic acids is 1. The van der Waals surface area contributed by atoms with E-state index in [0.29, 0.717) is 6.42 Å². The topological polar surface area (TPSA) is 69.6 Å². The molecule has 0 rings (SSSR count). The third-order valence-electron chi connectivity index (χ3n) is 11.8. The number of carbonyl (C=O) groups is 1. The Kier molecular flexibility index (Phi) is 47.8. The van der Waals surface area contributed by atoms with Gasteiger partial charge in [-0.1, -0.05) is 249 Å². The van der Waals surface area contributed by atoms with Crippen LogP contribution in [-0.4, -0.2) is 34.9 Å². The van der Waals surface area contributed by atoms with Gasteiger partial charge in [0.2, 0.25) is 5.91 Å². The Bertz CT molecular complexity index is 866. The van der Waals surface area contributed by atoms with E-state index in [1.54, 1.807) is 6.08 Å². The maximum Gasteiger partial charge on any atom is 0.220 e. The van der Waals surface area contributed by atoms with Gasteiger partial charge in [0.1, 0.15) is 0 Å². The third-order valence-corrected chi connectivity index (χ3v) is 11.8. The molecule has 0 aromatic heterocycles. The normalized spacial score (nSPS) is 13.1. The molecule has 0 aromatic carbocycles. The van der Waals surface area contributed by atoms with Gasteiger partial charge >= 0.3 is 0 Å². The van der Waals surface area contributed by atoms with Gasteiger partial charge < -0.3 is 15.5 Å². The average molecular weight is 800 g/mol. The van der Waals surface area contributed by atoms with Crippen molar-refractivity contribution in [2.45, 2.75) is 289 Å². The summed E-state index contributed by atoms with van der Waals surface area (Å²) in [5.41, 5.74) is 0. The number of nitrogens with one attached hydrogen (secondary N) is 1.